The first-order valence-corrected chi connectivity index (χ1v) is 8.48. The van der Waals surface area contributed by atoms with E-state index in [-0.39, 0.29) is 41.5 Å². The van der Waals surface area contributed by atoms with Gasteiger partial charge in [-0.05, 0) is 24.1 Å². The van der Waals surface area contributed by atoms with E-state index >= 15 is 0 Å². The molecule has 0 radical (unpaired) electrons. The molecule has 0 spiro atoms. The van der Waals surface area contributed by atoms with Crippen LogP contribution in [0.2, 0.25) is 0 Å². The highest BCUT2D eigenvalue weighted by Crippen LogP contribution is 2.52. The van der Waals surface area contributed by atoms with Gasteiger partial charge in [-0.2, -0.15) is 13.2 Å². The lowest BCUT2D eigenvalue weighted by atomic mass is 9.57. The SMILES string of the molecule is CN=C(NCc1ccc(C(F)(F)F)cc1)NC1C2CCOC2C1(C)C.I. The largest absolute Gasteiger partial charge is 0.416 e. The fourth-order valence-electron chi connectivity index (χ4n) is 3.96. The molecular weight excluding hydrogens is 458 g/mol. The summed E-state index contributed by atoms with van der Waals surface area (Å²) in [5.74, 6) is 1.14. The van der Waals surface area contributed by atoms with E-state index in [2.05, 4.69) is 29.5 Å². The van der Waals surface area contributed by atoms with E-state index in [0.29, 0.717) is 18.4 Å². The van der Waals surface area contributed by atoms with E-state index < -0.39 is 11.7 Å². The molecule has 2 fully saturated rings. The number of ether oxygens (including phenoxy) is 1. The zero-order chi connectivity index (χ0) is 18.2. The molecule has 2 N–H and O–H groups in total. The van der Waals surface area contributed by atoms with Gasteiger partial charge in [-0.3, -0.25) is 4.99 Å². The van der Waals surface area contributed by atoms with E-state index in [9.17, 15) is 13.2 Å². The minimum absolute atomic E-state index is 0. The zero-order valence-corrected chi connectivity index (χ0v) is 17.4. The van der Waals surface area contributed by atoms with Crippen LogP contribution in [0.5, 0.6) is 0 Å². The molecule has 1 aromatic rings. The van der Waals surface area contributed by atoms with Gasteiger partial charge in [0, 0.05) is 37.6 Å². The molecule has 1 aromatic carbocycles. The van der Waals surface area contributed by atoms with Crippen LogP contribution in [0.4, 0.5) is 13.2 Å². The van der Waals surface area contributed by atoms with Gasteiger partial charge in [0.1, 0.15) is 0 Å². The summed E-state index contributed by atoms with van der Waals surface area (Å²) in [5.41, 5.74) is 0.167. The molecule has 3 atom stereocenters. The Morgan fingerprint density at radius 1 is 1.27 bits per heavy atom. The highest BCUT2D eigenvalue weighted by molar-refractivity contribution is 14.0. The summed E-state index contributed by atoms with van der Waals surface area (Å²) in [7, 11) is 1.69. The topological polar surface area (TPSA) is 45.7 Å². The number of hydrogen-bond acceptors (Lipinski definition) is 2. The minimum atomic E-state index is -4.31. The van der Waals surface area contributed by atoms with Crippen LogP contribution in [0.25, 0.3) is 0 Å². The molecule has 146 valence electrons. The number of nitrogens with one attached hydrogen (secondary N) is 2. The van der Waals surface area contributed by atoms with Crippen molar-refractivity contribution in [2.24, 2.45) is 16.3 Å². The molecule has 1 saturated heterocycles. The predicted molar refractivity (Wildman–Crippen MR) is 106 cm³/mol. The standard InChI is InChI=1S/C18H24F3N3O.HI/c1-17(2)14(13-8-9-25-15(13)17)24-16(22-3)23-10-11-4-6-12(7-5-11)18(19,20)21;/h4-7,13-15H,8-10H2,1-3H3,(H2,22,23,24);1H. The first kappa shape index (κ1) is 21.3. The van der Waals surface area contributed by atoms with Crippen molar-refractivity contribution in [1.82, 2.24) is 10.6 Å². The Kier molecular flexibility index (Phi) is 6.48. The first-order valence-electron chi connectivity index (χ1n) is 8.48. The average molecular weight is 483 g/mol. The Balaban J connectivity index is 0.00000243. The summed E-state index contributed by atoms with van der Waals surface area (Å²) in [6.45, 7) is 5.57. The number of alkyl halides is 3. The number of halogens is 4. The second-order valence-electron chi connectivity index (χ2n) is 7.31. The van der Waals surface area contributed by atoms with E-state index in [1.807, 2.05) is 0 Å². The zero-order valence-electron chi connectivity index (χ0n) is 15.1. The van der Waals surface area contributed by atoms with Gasteiger partial charge in [0.05, 0.1) is 11.7 Å². The van der Waals surface area contributed by atoms with Crippen LogP contribution < -0.4 is 10.6 Å². The van der Waals surface area contributed by atoms with E-state index in [1.165, 1.54) is 12.1 Å². The third-order valence-electron chi connectivity index (χ3n) is 5.36. The molecule has 1 saturated carbocycles. The Morgan fingerprint density at radius 3 is 2.50 bits per heavy atom. The minimum Gasteiger partial charge on any atom is -0.377 e. The Morgan fingerprint density at radius 2 is 1.92 bits per heavy atom. The maximum absolute atomic E-state index is 12.6. The summed E-state index contributed by atoms with van der Waals surface area (Å²) in [5, 5.41) is 6.63. The summed E-state index contributed by atoms with van der Waals surface area (Å²) in [6.07, 6.45) is -2.97. The molecule has 3 unspecified atom stereocenters. The normalized spacial score (nSPS) is 27.2. The lowest BCUT2D eigenvalue weighted by Crippen LogP contribution is -2.67. The molecule has 1 aliphatic heterocycles. The maximum atomic E-state index is 12.6. The summed E-state index contributed by atoms with van der Waals surface area (Å²) >= 11 is 0. The maximum Gasteiger partial charge on any atom is 0.416 e. The fraction of sp³-hybridized carbons (Fsp3) is 0.611. The lowest BCUT2D eigenvalue weighted by molar-refractivity contribution is -0.137. The number of hydrogen-bond donors (Lipinski definition) is 2. The van der Waals surface area contributed by atoms with Crippen molar-refractivity contribution in [3.05, 3.63) is 35.4 Å². The molecule has 8 heteroatoms. The van der Waals surface area contributed by atoms with Crippen molar-refractivity contribution >= 4 is 29.9 Å². The van der Waals surface area contributed by atoms with Crippen LogP contribution >= 0.6 is 24.0 Å². The second kappa shape index (κ2) is 7.92. The molecule has 0 aromatic heterocycles. The molecule has 0 bridgehead atoms. The summed E-state index contributed by atoms with van der Waals surface area (Å²) in [6, 6.07) is 5.44. The van der Waals surface area contributed by atoms with Crippen molar-refractivity contribution < 1.29 is 17.9 Å². The monoisotopic (exact) mass is 483 g/mol. The van der Waals surface area contributed by atoms with Gasteiger partial charge in [0.2, 0.25) is 0 Å². The molecule has 0 amide bonds. The highest BCUT2D eigenvalue weighted by Gasteiger charge is 2.59. The van der Waals surface area contributed by atoms with Gasteiger partial charge in [-0.15, -0.1) is 24.0 Å². The van der Waals surface area contributed by atoms with Crippen LogP contribution in [0.1, 0.15) is 31.4 Å². The number of fused-ring (bicyclic) bond motifs is 1. The molecule has 4 nitrogen and oxygen atoms in total. The molecule has 1 aliphatic carbocycles. The van der Waals surface area contributed by atoms with Crippen molar-refractivity contribution in [2.45, 2.75) is 45.1 Å². The van der Waals surface area contributed by atoms with Crippen LogP contribution in [0.15, 0.2) is 29.3 Å². The Bertz CT molecular complexity index is 646. The second-order valence-corrected chi connectivity index (χ2v) is 7.31. The van der Waals surface area contributed by atoms with Crippen LogP contribution in [-0.4, -0.2) is 31.8 Å². The number of rotatable bonds is 3. The average Bonchev–Trinajstić information content (AvgIpc) is 3.01. The lowest BCUT2D eigenvalue weighted by Gasteiger charge is -2.54. The smallest absolute Gasteiger partial charge is 0.377 e. The van der Waals surface area contributed by atoms with Gasteiger partial charge in [0.25, 0.3) is 0 Å². The molecule has 1 heterocycles. The number of guanidine groups is 1. The predicted octanol–water partition coefficient (Wildman–Crippen LogP) is 3.80. The van der Waals surface area contributed by atoms with E-state index in [4.69, 9.17) is 4.74 Å². The van der Waals surface area contributed by atoms with Crippen LogP contribution in [0, 0.1) is 11.3 Å². The highest BCUT2D eigenvalue weighted by atomic mass is 127. The van der Waals surface area contributed by atoms with Gasteiger partial charge in [0.15, 0.2) is 5.96 Å². The third-order valence-corrected chi connectivity index (χ3v) is 5.36. The third kappa shape index (κ3) is 4.11. The van der Waals surface area contributed by atoms with Crippen molar-refractivity contribution in [3.63, 3.8) is 0 Å². The first-order chi connectivity index (χ1) is 11.7. The van der Waals surface area contributed by atoms with Gasteiger partial charge >= 0.3 is 6.18 Å². The molecule has 2 aliphatic rings. The number of benzene rings is 1. The summed E-state index contributed by atoms with van der Waals surface area (Å²) in [4.78, 5) is 4.24. The van der Waals surface area contributed by atoms with Gasteiger partial charge in [-0.1, -0.05) is 26.0 Å². The summed E-state index contributed by atoms with van der Waals surface area (Å²) < 4.78 is 43.6. The Labute approximate surface area is 169 Å². The van der Waals surface area contributed by atoms with Gasteiger partial charge in [-0.25, -0.2) is 0 Å². The fourth-order valence-corrected chi connectivity index (χ4v) is 3.96. The van der Waals surface area contributed by atoms with Crippen molar-refractivity contribution in [3.8, 4) is 0 Å². The molecular formula is C18H25F3IN3O. The van der Waals surface area contributed by atoms with Gasteiger partial charge < -0.3 is 15.4 Å². The molecule has 26 heavy (non-hydrogen) atoms. The van der Waals surface area contributed by atoms with Crippen LogP contribution in [0.3, 0.4) is 0 Å². The van der Waals surface area contributed by atoms with Crippen molar-refractivity contribution in [2.75, 3.05) is 13.7 Å². The number of aliphatic imine (C=N–C) groups is 1. The number of nitrogens with zero attached hydrogens (tertiary/aromatic N) is 1. The van der Waals surface area contributed by atoms with E-state index in [1.54, 1.807) is 7.05 Å². The molecule has 3 rings (SSSR count). The van der Waals surface area contributed by atoms with Crippen molar-refractivity contribution in [1.29, 1.82) is 0 Å². The van der Waals surface area contributed by atoms with E-state index in [0.717, 1.165) is 30.7 Å². The Hall–Kier alpha value is -1.03. The van der Waals surface area contributed by atoms with Crippen LogP contribution in [-0.2, 0) is 17.5 Å². The quantitative estimate of drug-likeness (QED) is 0.391.